The van der Waals surface area contributed by atoms with Crippen LogP contribution in [0.1, 0.15) is 29.5 Å². The summed E-state index contributed by atoms with van der Waals surface area (Å²) < 4.78 is 22.1. The first-order valence-corrected chi connectivity index (χ1v) is 11.4. The summed E-state index contributed by atoms with van der Waals surface area (Å²) in [5, 5.41) is 1.87. The third-order valence-corrected chi connectivity index (χ3v) is 6.44. The number of aryl methyl sites for hydroxylation is 1. The largest absolute Gasteiger partial charge is 0.496 e. The first-order chi connectivity index (χ1) is 17.0. The number of nitrogens with one attached hydrogen (secondary N) is 1. The SMILES string of the molecule is COc1ccc(C2CC3C(=O)N(Cc4nc(-c5ccccc5OC)oc4C)C=CN3N2)cc1OC. The zero-order valence-corrected chi connectivity index (χ0v) is 20.1. The first-order valence-electron chi connectivity index (χ1n) is 11.4. The molecular formula is C26H28N4O5. The normalized spacial score (nSPS) is 19.1. The molecule has 2 atom stereocenters. The van der Waals surface area contributed by atoms with Crippen LogP contribution in [0.15, 0.2) is 59.3 Å². The predicted molar refractivity (Wildman–Crippen MR) is 129 cm³/mol. The number of hydrogen-bond donors (Lipinski definition) is 1. The van der Waals surface area contributed by atoms with Gasteiger partial charge in [0.1, 0.15) is 23.2 Å². The van der Waals surface area contributed by atoms with Crippen LogP contribution in [0.4, 0.5) is 0 Å². The molecule has 182 valence electrons. The highest BCUT2D eigenvalue weighted by molar-refractivity contribution is 5.84. The van der Waals surface area contributed by atoms with E-state index < -0.39 is 0 Å². The van der Waals surface area contributed by atoms with Crippen LogP contribution in [-0.4, -0.2) is 48.2 Å². The van der Waals surface area contributed by atoms with Gasteiger partial charge in [0.15, 0.2) is 11.5 Å². The van der Waals surface area contributed by atoms with Gasteiger partial charge >= 0.3 is 0 Å². The average Bonchev–Trinajstić information content (AvgIpc) is 3.49. The Morgan fingerprint density at radius 2 is 1.80 bits per heavy atom. The number of carbonyl (C=O) groups is 1. The Kier molecular flexibility index (Phi) is 6.08. The van der Waals surface area contributed by atoms with E-state index in [0.717, 1.165) is 11.1 Å². The van der Waals surface area contributed by atoms with Crippen LogP contribution < -0.4 is 19.6 Å². The molecule has 0 bridgehead atoms. The smallest absolute Gasteiger partial charge is 0.251 e. The van der Waals surface area contributed by atoms with Crippen molar-refractivity contribution < 1.29 is 23.4 Å². The molecule has 1 N–H and O–H groups in total. The number of hydrazine groups is 1. The quantitative estimate of drug-likeness (QED) is 0.551. The fraction of sp³-hybridized carbons (Fsp3) is 0.308. The second-order valence-corrected chi connectivity index (χ2v) is 8.44. The Morgan fingerprint density at radius 1 is 1.03 bits per heavy atom. The van der Waals surface area contributed by atoms with Gasteiger partial charge in [-0.25, -0.2) is 10.4 Å². The van der Waals surface area contributed by atoms with Gasteiger partial charge in [-0.2, -0.15) is 0 Å². The maximum Gasteiger partial charge on any atom is 0.251 e. The lowest BCUT2D eigenvalue weighted by Crippen LogP contribution is -2.47. The number of amides is 1. The van der Waals surface area contributed by atoms with Crippen molar-refractivity contribution in [2.75, 3.05) is 21.3 Å². The molecule has 0 saturated carbocycles. The second kappa shape index (κ2) is 9.34. The van der Waals surface area contributed by atoms with Crippen LogP contribution in [0.2, 0.25) is 0 Å². The topological polar surface area (TPSA) is 89.3 Å². The molecule has 3 aromatic rings. The zero-order valence-electron chi connectivity index (χ0n) is 20.1. The molecule has 5 rings (SSSR count). The first kappa shape index (κ1) is 22.8. The molecule has 0 radical (unpaired) electrons. The molecule has 9 heteroatoms. The van der Waals surface area contributed by atoms with Crippen molar-refractivity contribution in [3.63, 3.8) is 0 Å². The van der Waals surface area contributed by atoms with Crippen molar-refractivity contribution >= 4 is 5.91 Å². The van der Waals surface area contributed by atoms with E-state index in [1.165, 1.54) is 0 Å². The second-order valence-electron chi connectivity index (χ2n) is 8.44. The van der Waals surface area contributed by atoms with Crippen molar-refractivity contribution in [3.8, 4) is 28.7 Å². The number of fused-ring (bicyclic) bond motifs is 1. The molecule has 35 heavy (non-hydrogen) atoms. The van der Waals surface area contributed by atoms with Crippen molar-refractivity contribution in [1.82, 2.24) is 20.3 Å². The van der Waals surface area contributed by atoms with Gasteiger partial charge in [-0.15, -0.1) is 0 Å². The predicted octanol–water partition coefficient (Wildman–Crippen LogP) is 3.81. The molecule has 2 aliphatic rings. The number of rotatable bonds is 7. The molecule has 2 aliphatic heterocycles. The summed E-state index contributed by atoms with van der Waals surface area (Å²) in [5.74, 6) is 3.16. The summed E-state index contributed by atoms with van der Waals surface area (Å²) in [6.07, 6.45) is 4.29. The number of oxazole rings is 1. The molecule has 2 unspecified atom stereocenters. The number of ether oxygens (including phenoxy) is 3. The molecule has 1 fully saturated rings. The summed E-state index contributed by atoms with van der Waals surface area (Å²) in [6, 6.07) is 13.0. The molecule has 3 heterocycles. The van der Waals surface area contributed by atoms with Crippen LogP contribution in [0.5, 0.6) is 17.2 Å². The molecular weight excluding hydrogens is 448 g/mol. The van der Waals surface area contributed by atoms with Crippen LogP contribution in [-0.2, 0) is 11.3 Å². The monoisotopic (exact) mass is 476 g/mol. The van der Waals surface area contributed by atoms with Gasteiger partial charge in [-0.3, -0.25) is 4.79 Å². The maximum absolute atomic E-state index is 13.4. The average molecular weight is 477 g/mol. The van der Waals surface area contributed by atoms with Crippen molar-refractivity contribution in [1.29, 1.82) is 0 Å². The van der Waals surface area contributed by atoms with Crippen molar-refractivity contribution in [2.24, 2.45) is 0 Å². The molecule has 2 aromatic carbocycles. The Bertz CT molecular complexity index is 1270. The van der Waals surface area contributed by atoms with Gasteiger partial charge in [0.25, 0.3) is 5.91 Å². The lowest BCUT2D eigenvalue weighted by molar-refractivity contribution is -0.135. The minimum absolute atomic E-state index is 0.00391. The third-order valence-electron chi connectivity index (χ3n) is 6.44. The fourth-order valence-corrected chi connectivity index (χ4v) is 4.53. The lowest BCUT2D eigenvalue weighted by Gasteiger charge is -2.31. The summed E-state index contributed by atoms with van der Waals surface area (Å²) >= 11 is 0. The zero-order chi connectivity index (χ0) is 24.5. The number of para-hydroxylation sites is 1. The van der Waals surface area contributed by atoms with Crippen molar-refractivity contribution in [3.05, 3.63) is 71.9 Å². The minimum atomic E-state index is -0.320. The molecule has 0 aliphatic carbocycles. The maximum atomic E-state index is 13.4. The summed E-state index contributed by atoms with van der Waals surface area (Å²) in [6.45, 7) is 2.18. The summed E-state index contributed by atoms with van der Waals surface area (Å²) in [5.41, 5.74) is 5.92. The minimum Gasteiger partial charge on any atom is -0.496 e. The van der Waals surface area contributed by atoms with E-state index in [2.05, 4.69) is 10.4 Å². The summed E-state index contributed by atoms with van der Waals surface area (Å²) in [7, 11) is 4.84. The van der Waals surface area contributed by atoms with E-state index in [-0.39, 0.29) is 18.0 Å². The number of benzene rings is 2. The van der Waals surface area contributed by atoms with Gasteiger partial charge in [0, 0.05) is 12.4 Å². The van der Waals surface area contributed by atoms with E-state index in [1.807, 2.05) is 60.6 Å². The van der Waals surface area contributed by atoms with Gasteiger partial charge in [-0.05, 0) is 43.2 Å². The molecule has 1 saturated heterocycles. The van der Waals surface area contributed by atoms with Gasteiger partial charge in [-0.1, -0.05) is 18.2 Å². The number of methoxy groups -OCH3 is 3. The molecule has 1 aromatic heterocycles. The number of hydrogen-bond acceptors (Lipinski definition) is 8. The van der Waals surface area contributed by atoms with E-state index in [4.69, 9.17) is 18.6 Å². The van der Waals surface area contributed by atoms with Crippen molar-refractivity contribution in [2.45, 2.75) is 32.0 Å². The van der Waals surface area contributed by atoms with Crippen LogP contribution in [0.25, 0.3) is 11.5 Å². The van der Waals surface area contributed by atoms with E-state index in [1.54, 1.807) is 32.4 Å². The standard InChI is InChI=1S/C26H28N4O5/c1-16-20(27-25(35-16)18-7-5-6-8-22(18)32-2)15-29-11-12-30-21(26(29)31)14-19(28-30)17-9-10-23(33-3)24(13-17)34-4/h5-13,19,21,28H,14-15H2,1-4H3. The highest BCUT2D eigenvalue weighted by Gasteiger charge is 2.40. The molecule has 0 spiro atoms. The highest BCUT2D eigenvalue weighted by atomic mass is 16.5. The Balaban J connectivity index is 1.32. The van der Waals surface area contributed by atoms with Crippen LogP contribution in [0, 0.1) is 6.92 Å². The van der Waals surface area contributed by atoms with Gasteiger partial charge in [0.2, 0.25) is 5.89 Å². The molecule has 9 nitrogen and oxygen atoms in total. The van der Waals surface area contributed by atoms with E-state index in [0.29, 0.717) is 47.6 Å². The van der Waals surface area contributed by atoms with E-state index >= 15 is 0 Å². The van der Waals surface area contributed by atoms with Gasteiger partial charge < -0.3 is 28.5 Å². The van der Waals surface area contributed by atoms with E-state index in [9.17, 15) is 4.79 Å². The Morgan fingerprint density at radius 3 is 2.57 bits per heavy atom. The summed E-state index contributed by atoms with van der Waals surface area (Å²) in [4.78, 5) is 19.7. The van der Waals surface area contributed by atoms with Gasteiger partial charge in [0.05, 0.1) is 39.5 Å². The molecule has 1 amide bonds. The Hall–Kier alpha value is -3.98. The number of carbonyl (C=O) groups excluding carboxylic acids is 1. The Labute approximate surface area is 203 Å². The van der Waals surface area contributed by atoms with Crippen LogP contribution in [0.3, 0.4) is 0 Å². The lowest BCUT2D eigenvalue weighted by atomic mass is 10.0. The third kappa shape index (κ3) is 4.19. The number of nitrogens with zero attached hydrogens (tertiary/aromatic N) is 3. The number of aromatic nitrogens is 1. The van der Waals surface area contributed by atoms with Crippen LogP contribution >= 0.6 is 0 Å². The highest BCUT2D eigenvalue weighted by Crippen LogP contribution is 2.36. The fourth-order valence-electron chi connectivity index (χ4n) is 4.53.